The lowest BCUT2D eigenvalue weighted by Crippen LogP contribution is -2.46. The molecule has 1 N–H and O–H groups in total. The Kier molecular flexibility index (Phi) is 7.76. The van der Waals surface area contributed by atoms with E-state index in [9.17, 15) is 18.3 Å². The SMILES string of the molecule is CC(C)c1nc2c(c(I)c1C(O)c1ccc(C(F)(F)F)cc1)C(O[Si](C)(C)C(C)(C)C)CC1(CCC1)C2. The van der Waals surface area contributed by atoms with Crippen LogP contribution in [-0.4, -0.2) is 18.4 Å². The molecule has 2 aromatic rings. The number of aliphatic hydroxyl groups is 1. The highest BCUT2D eigenvalue weighted by Crippen LogP contribution is 2.57. The monoisotopic (exact) mass is 645 g/mol. The summed E-state index contributed by atoms with van der Waals surface area (Å²) in [5, 5.41) is 11.6. The van der Waals surface area contributed by atoms with Gasteiger partial charge in [-0.15, -0.1) is 0 Å². The molecule has 3 nitrogen and oxygen atoms in total. The van der Waals surface area contributed by atoms with Gasteiger partial charge in [0.15, 0.2) is 8.32 Å². The highest BCUT2D eigenvalue weighted by atomic mass is 127. The fourth-order valence-electron chi connectivity index (χ4n) is 5.45. The maximum Gasteiger partial charge on any atom is 0.416 e. The Morgan fingerprint density at radius 3 is 2.16 bits per heavy atom. The van der Waals surface area contributed by atoms with Gasteiger partial charge in [-0.1, -0.05) is 53.2 Å². The Bertz CT molecular complexity index is 1150. The first-order chi connectivity index (χ1) is 17.0. The molecule has 1 heterocycles. The Morgan fingerprint density at radius 2 is 1.70 bits per heavy atom. The third-order valence-corrected chi connectivity index (χ3v) is 14.5. The number of rotatable bonds is 5. The Morgan fingerprint density at radius 1 is 1.11 bits per heavy atom. The van der Waals surface area contributed by atoms with Gasteiger partial charge in [-0.2, -0.15) is 13.2 Å². The van der Waals surface area contributed by atoms with E-state index in [1.165, 1.54) is 31.4 Å². The molecule has 1 fully saturated rings. The molecular formula is C29H39F3INO2Si. The minimum atomic E-state index is -4.42. The van der Waals surface area contributed by atoms with Crippen LogP contribution in [0.4, 0.5) is 13.2 Å². The van der Waals surface area contributed by atoms with E-state index < -0.39 is 26.2 Å². The molecule has 1 aromatic carbocycles. The maximum absolute atomic E-state index is 13.1. The van der Waals surface area contributed by atoms with Crippen LogP contribution < -0.4 is 0 Å². The Balaban J connectivity index is 1.84. The normalized spacial score (nSPS) is 20.6. The van der Waals surface area contributed by atoms with Crippen molar-refractivity contribution >= 4 is 30.9 Å². The molecule has 2 unspecified atom stereocenters. The van der Waals surface area contributed by atoms with Crippen LogP contribution in [0.1, 0.15) is 112 Å². The first-order valence-electron chi connectivity index (χ1n) is 13.2. The zero-order valence-corrected chi connectivity index (χ0v) is 26.0. The van der Waals surface area contributed by atoms with Gasteiger partial charge in [0.1, 0.15) is 6.10 Å². The predicted octanol–water partition coefficient (Wildman–Crippen LogP) is 9.09. The average molecular weight is 646 g/mol. The average Bonchev–Trinajstić information content (AvgIpc) is 2.75. The number of aliphatic hydroxyl groups excluding tert-OH is 1. The number of hydrogen-bond acceptors (Lipinski definition) is 3. The van der Waals surface area contributed by atoms with Crippen molar-refractivity contribution in [3.05, 3.63) is 61.5 Å². The van der Waals surface area contributed by atoms with Gasteiger partial charge >= 0.3 is 6.18 Å². The molecule has 2 aliphatic rings. The van der Waals surface area contributed by atoms with Crippen LogP contribution in [0.25, 0.3) is 0 Å². The van der Waals surface area contributed by atoms with Crippen LogP contribution in [0.15, 0.2) is 24.3 Å². The lowest BCUT2D eigenvalue weighted by molar-refractivity contribution is -0.137. The largest absolute Gasteiger partial charge is 0.416 e. The molecule has 0 saturated heterocycles. The molecule has 2 atom stereocenters. The van der Waals surface area contributed by atoms with Crippen molar-refractivity contribution in [1.82, 2.24) is 4.98 Å². The van der Waals surface area contributed by atoms with E-state index in [2.05, 4.69) is 70.3 Å². The van der Waals surface area contributed by atoms with Crippen molar-refractivity contribution < 1.29 is 22.7 Å². The lowest BCUT2D eigenvalue weighted by Gasteiger charge is -2.50. The van der Waals surface area contributed by atoms with Crippen LogP contribution >= 0.6 is 22.6 Å². The molecule has 0 bridgehead atoms. The molecule has 1 spiro atoms. The Labute approximate surface area is 233 Å². The topological polar surface area (TPSA) is 42.4 Å². The quantitative estimate of drug-likeness (QED) is 0.261. The summed E-state index contributed by atoms with van der Waals surface area (Å²) in [5.41, 5.74) is 3.61. The number of pyridine rings is 1. The first-order valence-corrected chi connectivity index (χ1v) is 17.2. The predicted molar refractivity (Wildman–Crippen MR) is 152 cm³/mol. The molecule has 4 rings (SSSR count). The van der Waals surface area contributed by atoms with Crippen molar-refractivity contribution in [2.24, 2.45) is 5.41 Å². The van der Waals surface area contributed by atoms with Crippen LogP contribution in [-0.2, 0) is 17.0 Å². The van der Waals surface area contributed by atoms with Crippen LogP contribution in [0.2, 0.25) is 18.1 Å². The third-order valence-electron chi connectivity index (χ3n) is 8.83. The third kappa shape index (κ3) is 5.54. The number of benzene rings is 1. The second-order valence-electron chi connectivity index (χ2n) is 12.9. The summed E-state index contributed by atoms with van der Waals surface area (Å²) in [6.07, 6.45) is -0.0836. The van der Waals surface area contributed by atoms with E-state index >= 15 is 0 Å². The summed E-state index contributed by atoms with van der Waals surface area (Å²) in [4.78, 5) is 5.19. The van der Waals surface area contributed by atoms with E-state index in [0.29, 0.717) is 11.1 Å². The summed E-state index contributed by atoms with van der Waals surface area (Å²) in [6.45, 7) is 15.4. The van der Waals surface area contributed by atoms with Crippen molar-refractivity contribution in [2.45, 2.75) is 109 Å². The van der Waals surface area contributed by atoms with E-state index in [-0.39, 0.29) is 22.5 Å². The van der Waals surface area contributed by atoms with Gasteiger partial charge in [0.25, 0.3) is 0 Å². The number of fused-ring (bicyclic) bond motifs is 1. The molecule has 37 heavy (non-hydrogen) atoms. The van der Waals surface area contributed by atoms with Crippen molar-refractivity contribution in [3.8, 4) is 0 Å². The molecule has 204 valence electrons. The lowest BCUT2D eigenvalue weighted by atomic mass is 9.59. The second kappa shape index (κ2) is 9.89. The van der Waals surface area contributed by atoms with Gasteiger partial charge in [-0.25, -0.2) is 0 Å². The fraction of sp³-hybridized carbons (Fsp3) is 0.621. The second-order valence-corrected chi connectivity index (χ2v) is 18.7. The minimum Gasteiger partial charge on any atom is -0.410 e. The summed E-state index contributed by atoms with van der Waals surface area (Å²) in [7, 11) is -2.10. The summed E-state index contributed by atoms with van der Waals surface area (Å²) >= 11 is 2.33. The zero-order chi connectivity index (χ0) is 27.6. The molecule has 0 amide bonds. The van der Waals surface area contributed by atoms with E-state index in [1.807, 2.05) is 0 Å². The van der Waals surface area contributed by atoms with Gasteiger partial charge in [0.2, 0.25) is 0 Å². The molecule has 0 radical (unpaired) electrons. The molecule has 1 saturated carbocycles. The number of halogens is 4. The molecule has 1 aromatic heterocycles. The number of alkyl halides is 3. The number of hydrogen-bond donors (Lipinski definition) is 1. The molecule has 0 aliphatic heterocycles. The zero-order valence-electron chi connectivity index (χ0n) is 22.9. The van der Waals surface area contributed by atoms with Crippen LogP contribution in [0.5, 0.6) is 0 Å². The van der Waals surface area contributed by atoms with Gasteiger partial charge in [0.05, 0.1) is 17.4 Å². The highest BCUT2D eigenvalue weighted by Gasteiger charge is 2.49. The molecular weight excluding hydrogens is 606 g/mol. The molecule has 8 heteroatoms. The van der Waals surface area contributed by atoms with Gasteiger partial charge < -0.3 is 9.53 Å². The maximum atomic E-state index is 13.1. The van der Waals surface area contributed by atoms with Gasteiger partial charge in [-0.05, 0) is 95.4 Å². The number of nitrogens with zero attached hydrogens (tertiary/aromatic N) is 1. The van der Waals surface area contributed by atoms with E-state index in [0.717, 1.165) is 45.5 Å². The van der Waals surface area contributed by atoms with Gasteiger partial charge in [0, 0.05) is 20.4 Å². The summed E-state index contributed by atoms with van der Waals surface area (Å²) < 4.78 is 47.4. The van der Waals surface area contributed by atoms with Gasteiger partial charge in [-0.3, -0.25) is 4.98 Å². The Hall–Kier alpha value is -0.973. The van der Waals surface area contributed by atoms with Crippen molar-refractivity contribution in [3.63, 3.8) is 0 Å². The molecule has 2 aliphatic carbocycles. The summed E-state index contributed by atoms with van der Waals surface area (Å²) in [5.74, 6) is 0.0527. The minimum absolute atomic E-state index is 0.0523. The summed E-state index contributed by atoms with van der Waals surface area (Å²) in [6, 6.07) is 4.83. The van der Waals surface area contributed by atoms with Crippen LogP contribution in [0, 0.1) is 8.99 Å². The fourth-order valence-corrected chi connectivity index (χ4v) is 7.94. The number of aromatic nitrogens is 1. The van der Waals surface area contributed by atoms with E-state index in [4.69, 9.17) is 9.41 Å². The van der Waals surface area contributed by atoms with Crippen molar-refractivity contribution in [2.75, 3.05) is 0 Å². The highest BCUT2D eigenvalue weighted by molar-refractivity contribution is 14.1. The van der Waals surface area contributed by atoms with Crippen molar-refractivity contribution in [1.29, 1.82) is 0 Å². The standard InChI is InChI=1S/C29H39F3INO2Si/c1-17(2)25-23(26(35)18-9-11-19(12-10-18)29(30,31)32)24(33)22-20(34-25)15-28(13-8-14-28)16-21(22)36-37(6,7)27(3,4)5/h9-12,17,21,26,35H,8,13-16H2,1-7H3. The van der Waals surface area contributed by atoms with Crippen LogP contribution in [0.3, 0.4) is 0 Å². The first kappa shape index (κ1) is 29.0. The smallest absolute Gasteiger partial charge is 0.410 e. The van der Waals surface area contributed by atoms with E-state index in [1.54, 1.807) is 0 Å².